The van der Waals surface area contributed by atoms with Crippen LogP contribution in [0.4, 0.5) is 0 Å². The van der Waals surface area contributed by atoms with Gasteiger partial charge in [-0.3, -0.25) is 0 Å². The Morgan fingerprint density at radius 2 is 1.41 bits per heavy atom. The molecule has 0 aliphatic carbocycles. The molecule has 0 heterocycles. The Bertz CT molecular complexity index is 244. The second-order valence-electron chi connectivity index (χ2n) is 4.29. The molecule has 96 valence electrons. The maximum Gasteiger partial charge on any atom is 0.120 e. The Hall–Kier alpha value is -1.07. The molecule has 0 rings (SSSR count). The van der Waals surface area contributed by atoms with E-state index in [-0.39, 0.29) is 0 Å². The number of rotatable bonds is 11. The summed E-state index contributed by atoms with van der Waals surface area (Å²) in [6.45, 7) is 2.15. The first kappa shape index (κ1) is 15.9. The van der Waals surface area contributed by atoms with Gasteiger partial charge in [-0.15, -0.1) is 0 Å². The zero-order valence-electron chi connectivity index (χ0n) is 11.2. The van der Waals surface area contributed by atoms with Crippen molar-refractivity contribution in [3.63, 3.8) is 0 Å². The van der Waals surface area contributed by atoms with Gasteiger partial charge in [0.05, 0.1) is 0 Å². The first-order valence-electron chi connectivity index (χ1n) is 6.92. The quantitative estimate of drug-likeness (QED) is 0.279. The molecule has 0 N–H and O–H groups in total. The monoisotopic (exact) mass is 234 g/mol. The molecule has 17 heavy (non-hydrogen) atoms. The van der Waals surface area contributed by atoms with Crippen LogP contribution < -0.4 is 0 Å². The highest BCUT2D eigenvalue weighted by molar-refractivity contribution is 5.44. The van der Waals surface area contributed by atoms with E-state index < -0.39 is 0 Å². The fourth-order valence-electron chi connectivity index (χ4n) is 1.66. The van der Waals surface area contributed by atoms with Gasteiger partial charge in [-0.25, -0.2) is 4.79 Å². The minimum absolute atomic E-state index is 0.899. The van der Waals surface area contributed by atoms with E-state index in [1.807, 2.05) is 5.94 Å². The SMILES string of the molecule is CC/C=C\C=C/CCCCCCCCC=C=O. The molecule has 0 aromatic carbocycles. The van der Waals surface area contributed by atoms with Crippen molar-refractivity contribution in [3.05, 3.63) is 30.4 Å². The van der Waals surface area contributed by atoms with E-state index in [1.165, 1.54) is 38.5 Å². The van der Waals surface area contributed by atoms with Gasteiger partial charge < -0.3 is 0 Å². The van der Waals surface area contributed by atoms with Crippen molar-refractivity contribution in [2.45, 2.75) is 64.7 Å². The van der Waals surface area contributed by atoms with Crippen LogP contribution in [-0.4, -0.2) is 5.94 Å². The molecule has 0 radical (unpaired) electrons. The zero-order chi connectivity index (χ0) is 12.6. The Balaban J connectivity index is 3.10. The predicted molar refractivity (Wildman–Crippen MR) is 75.8 cm³/mol. The summed E-state index contributed by atoms with van der Waals surface area (Å²) in [4.78, 5) is 9.91. The zero-order valence-corrected chi connectivity index (χ0v) is 11.2. The van der Waals surface area contributed by atoms with Gasteiger partial charge in [-0.05, 0) is 38.2 Å². The van der Waals surface area contributed by atoms with E-state index in [9.17, 15) is 4.79 Å². The van der Waals surface area contributed by atoms with Crippen LogP contribution in [0.2, 0.25) is 0 Å². The summed E-state index contributed by atoms with van der Waals surface area (Å²) in [7, 11) is 0. The molecular formula is C16H26O. The minimum atomic E-state index is 0.899. The number of unbranched alkanes of at least 4 members (excludes halogenated alkanes) is 7. The van der Waals surface area contributed by atoms with Gasteiger partial charge in [0, 0.05) is 0 Å². The lowest BCUT2D eigenvalue weighted by atomic mass is 10.1. The van der Waals surface area contributed by atoms with Crippen molar-refractivity contribution >= 4 is 5.94 Å². The van der Waals surface area contributed by atoms with E-state index in [0.29, 0.717) is 0 Å². The van der Waals surface area contributed by atoms with Crippen molar-refractivity contribution in [2.24, 2.45) is 0 Å². The molecular weight excluding hydrogens is 208 g/mol. The largest absolute Gasteiger partial charge is 0.234 e. The lowest BCUT2D eigenvalue weighted by Crippen LogP contribution is -1.79. The Morgan fingerprint density at radius 1 is 0.824 bits per heavy atom. The molecule has 0 atom stereocenters. The van der Waals surface area contributed by atoms with Gasteiger partial charge in [-0.1, -0.05) is 56.9 Å². The second-order valence-corrected chi connectivity index (χ2v) is 4.29. The second kappa shape index (κ2) is 14.9. The van der Waals surface area contributed by atoms with Crippen LogP contribution in [0.1, 0.15) is 64.7 Å². The third-order valence-corrected chi connectivity index (χ3v) is 2.67. The van der Waals surface area contributed by atoms with Crippen LogP contribution in [0.15, 0.2) is 30.4 Å². The molecule has 0 aromatic rings. The molecule has 0 spiro atoms. The van der Waals surface area contributed by atoms with Crippen LogP contribution >= 0.6 is 0 Å². The molecule has 1 nitrogen and oxygen atoms in total. The van der Waals surface area contributed by atoms with Gasteiger partial charge in [0.2, 0.25) is 0 Å². The maximum absolute atomic E-state index is 9.91. The summed E-state index contributed by atoms with van der Waals surface area (Å²) in [5, 5.41) is 0. The smallest absolute Gasteiger partial charge is 0.120 e. The van der Waals surface area contributed by atoms with E-state index in [0.717, 1.165) is 19.3 Å². The fraction of sp³-hybridized carbons (Fsp3) is 0.625. The molecule has 0 saturated carbocycles. The van der Waals surface area contributed by atoms with Crippen LogP contribution in [0.3, 0.4) is 0 Å². The highest BCUT2D eigenvalue weighted by Crippen LogP contribution is 2.08. The van der Waals surface area contributed by atoms with Crippen LogP contribution in [0.5, 0.6) is 0 Å². The number of hydrogen-bond acceptors (Lipinski definition) is 1. The van der Waals surface area contributed by atoms with Crippen LogP contribution in [0.25, 0.3) is 0 Å². The normalized spacial score (nSPS) is 11.1. The van der Waals surface area contributed by atoms with Crippen LogP contribution in [0, 0.1) is 0 Å². The first-order chi connectivity index (χ1) is 8.41. The summed E-state index contributed by atoms with van der Waals surface area (Å²) < 4.78 is 0. The first-order valence-corrected chi connectivity index (χ1v) is 6.92. The van der Waals surface area contributed by atoms with Crippen molar-refractivity contribution in [2.75, 3.05) is 0 Å². The van der Waals surface area contributed by atoms with Crippen molar-refractivity contribution < 1.29 is 4.79 Å². The van der Waals surface area contributed by atoms with Gasteiger partial charge in [-0.2, -0.15) is 0 Å². The number of hydrogen-bond donors (Lipinski definition) is 0. The molecule has 0 unspecified atom stereocenters. The van der Waals surface area contributed by atoms with E-state index in [1.54, 1.807) is 6.08 Å². The third-order valence-electron chi connectivity index (χ3n) is 2.67. The van der Waals surface area contributed by atoms with Gasteiger partial charge in [0.1, 0.15) is 5.94 Å². The maximum atomic E-state index is 9.91. The number of carbonyl (C=O) groups excluding carboxylic acids is 1. The van der Waals surface area contributed by atoms with Crippen molar-refractivity contribution in [1.82, 2.24) is 0 Å². The average Bonchev–Trinajstić information content (AvgIpc) is 2.35. The van der Waals surface area contributed by atoms with Crippen LogP contribution in [-0.2, 0) is 4.79 Å². The molecule has 0 bridgehead atoms. The Labute approximate surface area is 106 Å². The van der Waals surface area contributed by atoms with E-state index >= 15 is 0 Å². The van der Waals surface area contributed by atoms with E-state index in [4.69, 9.17) is 0 Å². The summed E-state index contributed by atoms with van der Waals surface area (Å²) in [6.07, 6.45) is 21.1. The molecule has 1 heteroatoms. The minimum Gasteiger partial charge on any atom is -0.234 e. The summed E-state index contributed by atoms with van der Waals surface area (Å²) in [6, 6.07) is 0. The fourth-order valence-corrected chi connectivity index (χ4v) is 1.66. The van der Waals surface area contributed by atoms with E-state index in [2.05, 4.69) is 31.2 Å². The highest BCUT2D eigenvalue weighted by Gasteiger charge is 1.89. The predicted octanol–water partition coefficient (Wildman–Crippen LogP) is 5.02. The third kappa shape index (κ3) is 14.9. The summed E-state index contributed by atoms with van der Waals surface area (Å²) in [5.74, 6) is 1.82. The molecule has 0 saturated heterocycles. The van der Waals surface area contributed by atoms with Crippen molar-refractivity contribution in [3.8, 4) is 0 Å². The molecule has 0 fully saturated rings. The van der Waals surface area contributed by atoms with Gasteiger partial charge in [0.25, 0.3) is 0 Å². The highest BCUT2D eigenvalue weighted by atomic mass is 16.1. The topological polar surface area (TPSA) is 17.1 Å². The lowest BCUT2D eigenvalue weighted by molar-refractivity contribution is 0.566. The van der Waals surface area contributed by atoms with Gasteiger partial charge >= 0.3 is 0 Å². The summed E-state index contributed by atoms with van der Waals surface area (Å²) in [5.41, 5.74) is 0. The van der Waals surface area contributed by atoms with Crippen molar-refractivity contribution in [1.29, 1.82) is 0 Å². The molecule has 0 aliphatic rings. The standard InChI is InChI=1S/C16H26O/c1-2-3-4-5-6-7-8-9-10-11-12-13-14-15-16-17/h3-6,15H,2,7-14H2,1H3/b4-3-,6-5-. The molecule has 0 aromatic heterocycles. The summed E-state index contributed by atoms with van der Waals surface area (Å²) >= 11 is 0. The average molecular weight is 234 g/mol. The Kier molecular flexibility index (Phi) is 14.0. The Morgan fingerprint density at radius 3 is 2.06 bits per heavy atom. The molecule has 0 amide bonds. The molecule has 0 aliphatic heterocycles. The number of allylic oxidation sites excluding steroid dienone is 5. The lowest BCUT2D eigenvalue weighted by Gasteiger charge is -1.98. The van der Waals surface area contributed by atoms with Gasteiger partial charge in [0.15, 0.2) is 0 Å².